The average Bonchev–Trinajstić information content (AvgIpc) is 2.69. The van der Waals surface area contributed by atoms with Gasteiger partial charge in [0.25, 0.3) is 20.0 Å². The maximum atomic E-state index is 13.4. The van der Waals surface area contributed by atoms with Gasteiger partial charge in [-0.15, -0.1) is 0 Å². The molecule has 3 aromatic carbocycles. The van der Waals surface area contributed by atoms with Crippen LogP contribution in [0.15, 0.2) is 89.2 Å². The van der Waals surface area contributed by atoms with Gasteiger partial charge < -0.3 is 0 Å². The molecule has 0 atom stereocenters. The van der Waals surface area contributed by atoms with Gasteiger partial charge in [0.15, 0.2) is 0 Å². The van der Waals surface area contributed by atoms with Gasteiger partial charge in [0.1, 0.15) is 0 Å². The Morgan fingerprint density at radius 2 is 1.03 bits per heavy atom. The normalized spacial score (nSPS) is 11.8. The van der Waals surface area contributed by atoms with E-state index in [0.717, 1.165) is 16.7 Å². The number of sulfonamides is 2. The Balaban J connectivity index is 2.24. The monoisotopic (exact) mass is 427 g/mol. The summed E-state index contributed by atoms with van der Waals surface area (Å²) in [5.74, 6) is 0. The topological polar surface area (TPSA) is 71.5 Å². The molecule has 0 amide bonds. The van der Waals surface area contributed by atoms with Crippen LogP contribution in [0.2, 0.25) is 0 Å². The second-order valence-corrected chi connectivity index (χ2v) is 10.4. The molecule has 0 spiro atoms. The fraction of sp³-hybridized carbons (Fsp3) is 0.0909. The number of benzene rings is 3. The number of anilines is 1. The molecule has 0 radical (unpaired) electrons. The molecule has 7 heteroatoms. The standard InChI is InChI=1S/C22H21NO4S2/c1-4-19-9-11-20(12-10-19)23(28(24,25)21-13-5-17(2)6-14-21)29(26,27)22-15-7-18(3)8-16-22/h4-16H,1H2,2-3H3. The van der Waals surface area contributed by atoms with Crippen LogP contribution in [0, 0.1) is 13.8 Å². The van der Waals surface area contributed by atoms with Gasteiger partial charge >= 0.3 is 0 Å². The summed E-state index contributed by atoms with van der Waals surface area (Å²) in [6, 6.07) is 18.3. The van der Waals surface area contributed by atoms with Crippen molar-refractivity contribution >= 4 is 31.8 Å². The first-order valence-corrected chi connectivity index (χ1v) is 11.7. The van der Waals surface area contributed by atoms with E-state index < -0.39 is 20.0 Å². The first-order valence-electron chi connectivity index (χ1n) is 8.82. The summed E-state index contributed by atoms with van der Waals surface area (Å²) in [6.45, 7) is 7.31. The second kappa shape index (κ2) is 7.85. The SMILES string of the molecule is C=Cc1ccc(N(S(=O)(=O)c2ccc(C)cc2)S(=O)(=O)c2ccc(C)cc2)cc1. The average molecular weight is 428 g/mol. The Morgan fingerprint density at radius 3 is 1.38 bits per heavy atom. The molecular formula is C22H21NO4S2. The Bertz CT molecular complexity index is 1150. The highest BCUT2D eigenvalue weighted by molar-refractivity contribution is 8.10. The Labute approximate surface area is 172 Å². The van der Waals surface area contributed by atoms with E-state index in [1.165, 1.54) is 36.4 Å². The van der Waals surface area contributed by atoms with Crippen molar-refractivity contribution in [2.45, 2.75) is 23.6 Å². The van der Waals surface area contributed by atoms with Crippen LogP contribution in [0.3, 0.4) is 0 Å². The number of hydrogen-bond donors (Lipinski definition) is 0. The zero-order valence-electron chi connectivity index (χ0n) is 16.1. The molecule has 0 aliphatic carbocycles. The molecule has 150 valence electrons. The molecule has 0 saturated carbocycles. The van der Waals surface area contributed by atoms with Crippen LogP contribution in [-0.2, 0) is 20.0 Å². The summed E-state index contributed by atoms with van der Waals surface area (Å²) >= 11 is 0. The van der Waals surface area contributed by atoms with Crippen LogP contribution in [0.25, 0.3) is 6.08 Å². The predicted molar refractivity (Wildman–Crippen MR) is 116 cm³/mol. The van der Waals surface area contributed by atoms with Gasteiger partial charge in [0, 0.05) is 0 Å². The molecule has 0 unspecified atom stereocenters. The fourth-order valence-electron chi connectivity index (χ4n) is 2.75. The number of rotatable bonds is 6. The molecule has 0 N–H and O–H groups in total. The zero-order chi connectivity index (χ0) is 21.2. The third-order valence-corrected chi connectivity index (χ3v) is 8.62. The summed E-state index contributed by atoms with van der Waals surface area (Å²) in [4.78, 5) is -0.210. The lowest BCUT2D eigenvalue weighted by molar-refractivity contribution is 0.584. The van der Waals surface area contributed by atoms with Gasteiger partial charge in [-0.3, -0.25) is 0 Å². The quantitative estimate of drug-likeness (QED) is 0.579. The van der Waals surface area contributed by atoms with Crippen molar-refractivity contribution < 1.29 is 16.8 Å². The molecule has 3 rings (SSSR count). The largest absolute Gasteiger partial charge is 0.277 e. The van der Waals surface area contributed by atoms with E-state index in [0.29, 0.717) is 3.71 Å². The minimum atomic E-state index is -4.39. The smallest absolute Gasteiger partial charge is 0.200 e. The van der Waals surface area contributed by atoms with Gasteiger partial charge in [0.2, 0.25) is 0 Å². The van der Waals surface area contributed by atoms with Gasteiger partial charge in [-0.1, -0.05) is 60.2 Å². The summed E-state index contributed by atoms with van der Waals surface area (Å²) in [5, 5.41) is 0. The van der Waals surface area contributed by atoms with Crippen LogP contribution in [-0.4, -0.2) is 16.8 Å². The molecule has 0 fully saturated rings. The molecule has 0 bridgehead atoms. The van der Waals surface area contributed by atoms with Crippen LogP contribution in [0.5, 0.6) is 0 Å². The number of hydrogen-bond acceptors (Lipinski definition) is 4. The zero-order valence-corrected chi connectivity index (χ0v) is 17.7. The fourth-order valence-corrected chi connectivity index (χ4v) is 6.44. The van der Waals surface area contributed by atoms with Crippen LogP contribution >= 0.6 is 0 Å². The maximum absolute atomic E-state index is 13.4. The predicted octanol–water partition coefficient (Wildman–Crippen LogP) is 4.53. The molecular weight excluding hydrogens is 406 g/mol. The van der Waals surface area contributed by atoms with E-state index in [2.05, 4.69) is 6.58 Å². The second-order valence-electron chi connectivity index (χ2n) is 6.63. The molecule has 0 aliphatic rings. The third kappa shape index (κ3) is 4.11. The summed E-state index contributed by atoms with van der Waals surface area (Å²) < 4.78 is 54.1. The van der Waals surface area contributed by atoms with Crippen molar-refractivity contribution in [2.24, 2.45) is 0 Å². The van der Waals surface area contributed by atoms with Crippen LogP contribution < -0.4 is 3.71 Å². The van der Waals surface area contributed by atoms with E-state index >= 15 is 0 Å². The van der Waals surface area contributed by atoms with Crippen molar-refractivity contribution in [1.29, 1.82) is 0 Å². The van der Waals surface area contributed by atoms with Crippen molar-refractivity contribution in [2.75, 3.05) is 3.71 Å². The van der Waals surface area contributed by atoms with Gasteiger partial charge in [-0.2, -0.15) is 3.71 Å². The van der Waals surface area contributed by atoms with Crippen molar-refractivity contribution in [3.63, 3.8) is 0 Å². The van der Waals surface area contributed by atoms with Crippen molar-refractivity contribution in [3.05, 3.63) is 96.1 Å². The highest BCUT2D eigenvalue weighted by atomic mass is 32.3. The Hall–Kier alpha value is -2.90. The van der Waals surface area contributed by atoms with Gasteiger partial charge in [-0.05, 0) is 55.8 Å². The molecule has 0 saturated heterocycles. The third-order valence-electron chi connectivity index (χ3n) is 4.41. The minimum Gasteiger partial charge on any atom is -0.200 e. The molecule has 29 heavy (non-hydrogen) atoms. The lowest BCUT2D eigenvalue weighted by Gasteiger charge is -2.24. The van der Waals surface area contributed by atoms with Crippen molar-refractivity contribution in [1.82, 2.24) is 0 Å². The highest BCUT2D eigenvalue weighted by Gasteiger charge is 2.36. The Morgan fingerprint density at radius 1 is 0.655 bits per heavy atom. The van der Waals surface area contributed by atoms with Crippen molar-refractivity contribution in [3.8, 4) is 0 Å². The number of nitrogens with zero attached hydrogens (tertiary/aromatic N) is 1. The van der Waals surface area contributed by atoms with E-state index in [-0.39, 0.29) is 15.5 Å². The minimum absolute atomic E-state index is 0.0248. The first-order chi connectivity index (χ1) is 13.7. The van der Waals surface area contributed by atoms with E-state index in [1.54, 1.807) is 42.5 Å². The molecule has 0 aromatic heterocycles. The maximum Gasteiger partial charge on any atom is 0.277 e. The van der Waals surface area contributed by atoms with Crippen LogP contribution in [0.1, 0.15) is 16.7 Å². The molecule has 3 aromatic rings. The summed E-state index contributed by atoms with van der Waals surface area (Å²) in [7, 11) is -8.77. The lowest BCUT2D eigenvalue weighted by atomic mass is 10.2. The van der Waals surface area contributed by atoms with Crippen LogP contribution in [0.4, 0.5) is 5.69 Å². The Kier molecular flexibility index (Phi) is 5.64. The summed E-state index contributed by atoms with van der Waals surface area (Å²) in [5.41, 5.74) is 2.50. The van der Waals surface area contributed by atoms with E-state index in [9.17, 15) is 16.8 Å². The lowest BCUT2D eigenvalue weighted by Crippen LogP contribution is -2.37. The highest BCUT2D eigenvalue weighted by Crippen LogP contribution is 2.31. The number of aryl methyl sites for hydroxylation is 2. The van der Waals surface area contributed by atoms with Gasteiger partial charge in [-0.25, -0.2) is 16.8 Å². The molecule has 5 nitrogen and oxygen atoms in total. The first kappa shape index (κ1) is 20.8. The van der Waals surface area contributed by atoms with Gasteiger partial charge in [0.05, 0.1) is 15.5 Å². The summed E-state index contributed by atoms with van der Waals surface area (Å²) in [6.07, 6.45) is 1.59. The van der Waals surface area contributed by atoms with E-state index in [4.69, 9.17) is 0 Å². The van der Waals surface area contributed by atoms with E-state index in [1.807, 2.05) is 13.8 Å². The molecule has 0 heterocycles. The molecule has 0 aliphatic heterocycles.